The highest BCUT2D eigenvalue weighted by atomic mass is 16.5. The van der Waals surface area contributed by atoms with Crippen LogP contribution in [0.3, 0.4) is 0 Å². The SMILES string of the molecule is CCCOc1ccc(C=CC(=O)NCCCn2nc3ccccn3c2=O)cc1OC. The van der Waals surface area contributed by atoms with Gasteiger partial charge in [0.05, 0.1) is 13.7 Å². The minimum Gasteiger partial charge on any atom is -0.493 e. The molecular formula is C22H26N4O4. The first-order chi connectivity index (χ1) is 14.6. The average Bonchev–Trinajstić information content (AvgIpc) is 3.09. The van der Waals surface area contributed by atoms with E-state index in [9.17, 15) is 9.59 Å². The van der Waals surface area contributed by atoms with E-state index in [0.29, 0.717) is 43.3 Å². The van der Waals surface area contributed by atoms with E-state index in [2.05, 4.69) is 10.4 Å². The lowest BCUT2D eigenvalue weighted by molar-refractivity contribution is -0.116. The summed E-state index contributed by atoms with van der Waals surface area (Å²) in [5, 5.41) is 7.08. The largest absolute Gasteiger partial charge is 0.493 e. The fourth-order valence-corrected chi connectivity index (χ4v) is 2.90. The van der Waals surface area contributed by atoms with Crippen LogP contribution in [-0.2, 0) is 11.3 Å². The maximum Gasteiger partial charge on any atom is 0.350 e. The number of rotatable bonds is 10. The first kappa shape index (κ1) is 21.2. The molecule has 0 aliphatic rings. The highest BCUT2D eigenvalue weighted by Gasteiger charge is 2.06. The second kappa shape index (κ2) is 10.3. The van der Waals surface area contributed by atoms with Crippen molar-refractivity contribution in [2.75, 3.05) is 20.3 Å². The van der Waals surface area contributed by atoms with Crippen molar-refractivity contribution >= 4 is 17.6 Å². The van der Waals surface area contributed by atoms with Crippen molar-refractivity contribution in [3.05, 3.63) is 64.7 Å². The molecule has 0 aliphatic carbocycles. The van der Waals surface area contributed by atoms with Crippen LogP contribution in [0, 0.1) is 0 Å². The molecule has 2 aromatic heterocycles. The summed E-state index contributed by atoms with van der Waals surface area (Å²) in [5.74, 6) is 1.11. The Morgan fingerprint density at radius 2 is 2.10 bits per heavy atom. The second-order valence-electron chi connectivity index (χ2n) is 6.67. The van der Waals surface area contributed by atoms with Gasteiger partial charge in [-0.2, -0.15) is 0 Å². The first-order valence-corrected chi connectivity index (χ1v) is 9.93. The van der Waals surface area contributed by atoms with E-state index >= 15 is 0 Å². The highest BCUT2D eigenvalue weighted by Crippen LogP contribution is 2.28. The van der Waals surface area contributed by atoms with Crippen molar-refractivity contribution in [1.29, 1.82) is 0 Å². The molecule has 3 rings (SSSR count). The topological polar surface area (TPSA) is 86.9 Å². The lowest BCUT2D eigenvalue weighted by Gasteiger charge is -2.10. The third-order valence-corrected chi connectivity index (χ3v) is 4.41. The van der Waals surface area contributed by atoms with Crippen LogP contribution in [0.2, 0.25) is 0 Å². The van der Waals surface area contributed by atoms with Gasteiger partial charge in [-0.3, -0.25) is 9.20 Å². The lowest BCUT2D eigenvalue weighted by atomic mass is 10.2. The van der Waals surface area contributed by atoms with Crippen molar-refractivity contribution in [3.8, 4) is 11.5 Å². The summed E-state index contributed by atoms with van der Waals surface area (Å²) in [7, 11) is 1.59. The molecule has 30 heavy (non-hydrogen) atoms. The van der Waals surface area contributed by atoms with Crippen LogP contribution in [0.15, 0.2) is 53.5 Å². The summed E-state index contributed by atoms with van der Waals surface area (Å²) >= 11 is 0. The Balaban J connectivity index is 1.48. The maximum absolute atomic E-state index is 12.2. The molecule has 1 N–H and O–H groups in total. The van der Waals surface area contributed by atoms with Gasteiger partial charge in [-0.05, 0) is 48.7 Å². The van der Waals surface area contributed by atoms with Crippen LogP contribution < -0.4 is 20.5 Å². The van der Waals surface area contributed by atoms with Gasteiger partial charge < -0.3 is 14.8 Å². The number of carbonyl (C=O) groups excluding carboxylic acids is 1. The lowest BCUT2D eigenvalue weighted by Crippen LogP contribution is -2.26. The Bertz CT molecular complexity index is 1080. The number of methoxy groups -OCH3 is 1. The molecule has 0 atom stereocenters. The molecule has 8 heteroatoms. The van der Waals surface area contributed by atoms with Gasteiger partial charge in [0.2, 0.25) is 5.91 Å². The van der Waals surface area contributed by atoms with Crippen LogP contribution in [0.4, 0.5) is 0 Å². The van der Waals surface area contributed by atoms with Crippen LogP contribution >= 0.6 is 0 Å². The predicted octanol–water partition coefficient (Wildman–Crippen LogP) is 2.51. The van der Waals surface area contributed by atoms with Crippen LogP contribution in [-0.4, -0.2) is 40.3 Å². The molecule has 0 unspecified atom stereocenters. The molecule has 0 spiro atoms. The van der Waals surface area contributed by atoms with E-state index in [1.54, 1.807) is 31.5 Å². The number of hydrogen-bond acceptors (Lipinski definition) is 5. The third kappa shape index (κ3) is 5.28. The summed E-state index contributed by atoms with van der Waals surface area (Å²) in [6.07, 6.45) is 6.38. The number of nitrogens with zero attached hydrogens (tertiary/aromatic N) is 3. The summed E-state index contributed by atoms with van der Waals surface area (Å²) in [6, 6.07) is 10.9. The molecule has 0 aliphatic heterocycles. The first-order valence-electron chi connectivity index (χ1n) is 9.93. The van der Waals surface area contributed by atoms with Crippen LogP contribution in [0.5, 0.6) is 11.5 Å². The zero-order valence-electron chi connectivity index (χ0n) is 17.2. The molecule has 3 aromatic rings. The maximum atomic E-state index is 12.2. The number of benzene rings is 1. The molecule has 0 fully saturated rings. The van der Waals surface area contributed by atoms with Gasteiger partial charge in [0.25, 0.3) is 0 Å². The molecule has 1 aromatic carbocycles. The average molecular weight is 410 g/mol. The molecule has 0 radical (unpaired) electrons. The number of nitrogens with one attached hydrogen (secondary N) is 1. The van der Waals surface area contributed by atoms with E-state index < -0.39 is 0 Å². The fourth-order valence-electron chi connectivity index (χ4n) is 2.90. The number of ether oxygens (including phenoxy) is 2. The Hall–Kier alpha value is -3.55. The van der Waals surface area contributed by atoms with Gasteiger partial charge in [0.1, 0.15) is 0 Å². The molecule has 0 bridgehead atoms. The molecule has 1 amide bonds. The molecule has 0 saturated carbocycles. The molecule has 0 saturated heterocycles. The Morgan fingerprint density at radius 1 is 1.23 bits per heavy atom. The number of amides is 1. The number of aryl methyl sites for hydroxylation is 1. The number of carbonyl (C=O) groups is 1. The van der Waals surface area contributed by atoms with E-state index in [-0.39, 0.29) is 11.6 Å². The monoisotopic (exact) mass is 410 g/mol. The molecule has 2 heterocycles. The van der Waals surface area contributed by atoms with E-state index in [1.165, 1.54) is 15.2 Å². The standard InChI is InChI=1S/C22H26N4O4/c1-3-15-30-18-10-8-17(16-19(18)29-2)9-11-21(27)23-12-6-14-26-22(28)25-13-5-4-7-20(25)24-26/h4-5,7-11,13,16H,3,6,12,14-15H2,1-2H3,(H,23,27). The van der Waals surface area contributed by atoms with Crippen LogP contribution in [0.1, 0.15) is 25.3 Å². The summed E-state index contributed by atoms with van der Waals surface area (Å²) in [6.45, 7) is 3.53. The molecule has 8 nitrogen and oxygen atoms in total. The number of fused-ring (bicyclic) bond motifs is 1. The van der Waals surface area contributed by atoms with Crippen LogP contribution in [0.25, 0.3) is 11.7 Å². The number of pyridine rings is 1. The highest BCUT2D eigenvalue weighted by molar-refractivity contribution is 5.91. The minimum atomic E-state index is -0.206. The minimum absolute atomic E-state index is 0.183. The van der Waals surface area contributed by atoms with E-state index in [0.717, 1.165) is 12.0 Å². The van der Waals surface area contributed by atoms with Crippen molar-refractivity contribution in [3.63, 3.8) is 0 Å². The smallest absolute Gasteiger partial charge is 0.350 e. The quantitative estimate of drug-likeness (QED) is 0.410. The summed E-state index contributed by atoms with van der Waals surface area (Å²) in [5.41, 5.74) is 1.26. The van der Waals surface area contributed by atoms with E-state index in [4.69, 9.17) is 9.47 Å². The van der Waals surface area contributed by atoms with Gasteiger partial charge >= 0.3 is 5.69 Å². The molecule has 158 valence electrons. The van der Waals surface area contributed by atoms with Gasteiger partial charge in [0, 0.05) is 25.4 Å². The van der Waals surface area contributed by atoms with Gasteiger partial charge in [0.15, 0.2) is 17.1 Å². The number of hydrogen-bond donors (Lipinski definition) is 1. The van der Waals surface area contributed by atoms with Gasteiger partial charge in [-0.15, -0.1) is 5.10 Å². The van der Waals surface area contributed by atoms with Crippen molar-refractivity contribution in [1.82, 2.24) is 19.5 Å². The Kier molecular flexibility index (Phi) is 7.26. The fraction of sp³-hybridized carbons (Fsp3) is 0.318. The zero-order valence-corrected chi connectivity index (χ0v) is 17.2. The van der Waals surface area contributed by atoms with Gasteiger partial charge in [-0.25, -0.2) is 9.48 Å². The summed E-state index contributed by atoms with van der Waals surface area (Å²) in [4.78, 5) is 24.3. The third-order valence-electron chi connectivity index (χ3n) is 4.41. The van der Waals surface area contributed by atoms with Crippen molar-refractivity contribution in [2.45, 2.75) is 26.3 Å². The van der Waals surface area contributed by atoms with Crippen molar-refractivity contribution < 1.29 is 14.3 Å². The number of aromatic nitrogens is 3. The zero-order chi connectivity index (χ0) is 21.3. The Labute approximate surface area is 174 Å². The Morgan fingerprint density at radius 3 is 2.87 bits per heavy atom. The van der Waals surface area contributed by atoms with E-state index in [1.807, 2.05) is 31.2 Å². The summed E-state index contributed by atoms with van der Waals surface area (Å²) < 4.78 is 13.9. The predicted molar refractivity (Wildman–Crippen MR) is 115 cm³/mol. The van der Waals surface area contributed by atoms with Gasteiger partial charge in [-0.1, -0.05) is 19.1 Å². The second-order valence-corrected chi connectivity index (χ2v) is 6.67. The normalized spacial score (nSPS) is 11.1. The molecular weight excluding hydrogens is 384 g/mol. The van der Waals surface area contributed by atoms with Crippen molar-refractivity contribution in [2.24, 2.45) is 0 Å².